The van der Waals surface area contributed by atoms with Crippen LogP contribution in [-0.4, -0.2) is 35.6 Å². The molecule has 130 valence electrons. The van der Waals surface area contributed by atoms with E-state index >= 15 is 0 Å². The molecule has 2 aromatic carbocycles. The second-order valence-electron chi connectivity index (χ2n) is 5.00. The van der Waals surface area contributed by atoms with Crippen LogP contribution in [0.4, 0.5) is 5.69 Å². The third-order valence-electron chi connectivity index (χ3n) is 3.16. The molecule has 0 heterocycles. The molecule has 25 heavy (non-hydrogen) atoms. The van der Waals surface area contributed by atoms with Crippen LogP contribution in [0, 0.1) is 10.1 Å². The zero-order chi connectivity index (χ0) is 18.1. The molecule has 8 heteroatoms. The van der Waals surface area contributed by atoms with Gasteiger partial charge in [0.25, 0.3) is 11.6 Å². The first kappa shape index (κ1) is 18.5. The van der Waals surface area contributed by atoms with E-state index in [1.807, 2.05) is 30.3 Å². The molecular weight excluding hydrogens is 342 g/mol. The Kier molecular flexibility index (Phi) is 6.97. The number of amides is 2. The van der Waals surface area contributed by atoms with Crippen LogP contribution >= 0.6 is 11.8 Å². The second kappa shape index (κ2) is 9.43. The van der Waals surface area contributed by atoms with Crippen molar-refractivity contribution in [1.82, 2.24) is 10.6 Å². The number of nitro groups is 1. The molecule has 0 unspecified atom stereocenters. The first-order valence-corrected chi connectivity index (χ1v) is 8.52. The Morgan fingerprint density at radius 3 is 2.52 bits per heavy atom. The van der Waals surface area contributed by atoms with Crippen LogP contribution in [0.1, 0.15) is 10.4 Å². The van der Waals surface area contributed by atoms with Crippen LogP contribution < -0.4 is 10.6 Å². The zero-order valence-corrected chi connectivity index (χ0v) is 14.1. The first-order valence-electron chi connectivity index (χ1n) is 7.53. The molecule has 0 saturated heterocycles. The Hall–Kier alpha value is -2.87. The number of carbonyl (C=O) groups is 2. The Labute approximate surface area is 149 Å². The quantitative estimate of drug-likeness (QED) is 0.326. The highest BCUT2D eigenvalue weighted by Crippen LogP contribution is 2.15. The average molecular weight is 359 g/mol. The number of nitrogens with zero attached hydrogens (tertiary/aromatic N) is 1. The smallest absolute Gasteiger partial charge is 0.270 e. The molecule has 2 amide bonds. The summed E-state index contributed by atoms with van der Waals surface area (Å²) in [6.45, 7) is 0.294. The van der Waals surface area contributed by atoms with Crippen molar-refractivity contribution in [1.29, 1.82) is 0 Å². The van der Waals surface area contributed by atoms with Crippen molar-refractivity contribution in [2.75, 3.05) is 18.8 Å². The molecule has 0 radical (unpaired) electrons. The molecule has 0 bridgehead atoms. The third-order valence-corrected chi connectivity index (χ3v) is 4.18. The maximum absolute atomic E-state index is 11.9. The lowest BCUT2D eigenvalue weighted by molar-refractivity contribution is -0.384. The lowest BCUT2D eigenvalue weighted by atomic mass is 10.2. The highest BCUT2D eigenvalue weighted by atomic mass is 32.2. The number of nitro benzene ring substituents is 1. The molecule has 0 aliphatic rings. The van der Waals surface area contributed by atoms with Crippen molar-refractivity contribution in [3.05, 3.63) is 70.3 Å². The maximum atomic E-state index is 11.9. The topological polar surface area (TPSA) is 101 Å². The van der Waals surface area contributed by atoms with Gasteiger partial charge in [0.15, 0.2) is 0 Å². The van der Waals surface area contributed by atoms with Crippen molar-refractivity contribution >= 4 is 29.3 Å². The van der Waals surface area contributed by atoms with Crippen LogP contribution in [0.5, 0.6) is 0 Å². The zero-order valence-electron chi connectivity index (χ0n) is 13.3. The number of non-ortho nitro benzene ring substituents is 1. The largest absolute Gasteiger partial charge is 0.354 e. The van der Waals surface area contributed by atoms with Crippen molar-refractivity contribution < 1.29 is 14.5 Å². The highest BCUT2D eigenvalue weighted by molar-refractivity contribution is 7.99. The molecule has 0 aliphatic heterocycles. The minimum absolute atomic E-state index is 0.140. The summed E-state index contributed by atoms with van der Waals surface area (Å²) in [5, 5.41) is 15.8. The molecule has 0 fully saturated rings. The Balaban J connectivity index is 1.70. The van der Waals surface area contributed by atoms with Gasteiger partial charge < -0.3 is 10.6 Å². The monoisotopic (exact) mass is 359 g/mol. The summed E-state index contributed by atoms with van der Waals surface area (Å²) in [4.78, 5) is 34.9. The fourth-order valence-corrected chi connectivity index (χ4v) is 2.75. The predicted molar refractivity (Wildman–Crippen MR) is 95.6 cm³/mol. The number of carbonyl (C=O) groups excluding carboxylic acids is 2. The van der Waals surface area contributed by atoms with Crippen LogP contribution in [0.2, 0.25) is 0 Å². The Bertz CT molecular complexity index is 753. The number of rotatable bonds is 8. The third kappa shape index (κ3) is 6.27. The van der Waals surface area contributed by atoms with Crippen LogP contribution in [-0.2, 0) is 4.79 Å². The summed E-state index contributed by atoms with van der Waals surface area (Å²) >= 11 is 1.62. The lowest BCUT2D eigenvalue weighted by Crippen LogP contribution is -2.37. The van der Waals surface area contributed by atoms with Gasteiger partial charge in [0.05, 0.1) is 11.5 Å². The summed E-state index contributed by atoms with van der Waals surface area (Å²) < 4.78 is 0. The molecule has 7 nitrogen and oxygen atoms in total. The van der Waals surface area contributed by atoms with Gasteiger partial charge in [-0.15, -0.1) is 11.8 Å². The highest BCUT2D eigenvalue weighted by Gasteiger charge is 2.12. The molecule has 2 aromatic rings. The van der Waals surface area contributed by atoms with E-state index in [2.05, 4.69) is 10.6 Å². The van der Waals surface area contributed by atoms with Gasteiger partial charge in [-0.3, -0.25) is 19.7 Å². The Morgan fingerprint density at radius 1 is 1.04 bits per heavy atom. The minimum Gasteiger partial charge on any atom is -0.354 e. The minimum atomic E-state index is -0.576. The van der Waals surface area contributed by atoms with E-state index in [4.69, 9.17) is 0 Å². The van der Waals surface area contributed by atoms with Gasteiger partial charge in [0, 0.05) is 34.9 Å². The standard InChI is InChI=1S/C17H17N3O4S/c21-16(18-9-10-25-15-7-2-1-3-8-15)12-19-17(22)13-5-4-6-14(11-13)20(23)24/h1-8,11H,9-10,12H2,(H,18,21)(H,19,22). The van der Waals surface area contributed by atoms with Crippen LogP contribution in [0.25, 0.3) is 0 Å². The molecule has 0 saturated carbocycles. The van der Waals surface area contributed by atoms with E-state index in [9.17, 15) is 19.7 Å². The lowest BCUT2D eigenvalue weighted by Gasteiger charge is -2.07. The number of thioether (sulfide) groups is 1. The summed E-state index contributed by atoms with van der Waals surface area (Å²) in [7, 11) is 0. The fourth-order valence-electron chi connectivity index (χ4n) is 1.96. The van der Waals surface area contributed by atoms with Gasteiger partial charge in [-0.05, 0) is 18.2 Å². The SMILES string of the molecule is O=C(CNC(=O)c1cccc([N+](=O)[O-])c1)NCCSc1ccccc1. The second-order valence-corrected chi connectivity index (χ2v) is 6.17. The van der Waals surface area contributed by atoms with Gasteiger partial charge in [-0.1, -0.05) is 24.3 Å². The van der Waals surface area contributed by atoms with Gasteiger partial charge in [0.2, 0.25) is 5.91 Å². The van der Waals surface area contributed by atoms with Crippen LogP contribution in [0.15, 0.2) is 59.5 Å². The number of nitrogens with one attached hydrogen (secondary N) is 2. The Morgan fingerprint density at radius 2 is 1.80 bits per heavy atom. The molecule has 2 rings (SSSR count). The van der Waals surface area contributed by atoms with Gasteiger partial charge in [0.1, 0.15) is 0 Å². The molecule has 0 aliphatic carbocycles. The van der Waals surface area contributed by atoms with E-state index < -0.39 is 10.8 Å². The van der Waals surface area contributed by atoms with E-state index in [0.717, 1.165) is 4.90 Å². The molecular formula is C17H17N3O4S. The molecule has 0 spiro atoms. The molecule has 0 atom stereocenters. The summed E-state index contributed by atoms with van der Waals surface area (Å²) in [6, 6.07) is 15.2. The van der Waals surface area contributed by atoms with E-state index in [1.54, 1.807) is 11.8 Å². The predicted octanol–water partition coefficient (Wildman–Crippen LogP) is 2.23. The molecule has 0 aromatic heterocycles. The summed E-state index contributed by atoms with van der Waals surface area (Å²) in [5.74, 6) is -0.126. The van der Waals surface area contributed by atoms with Crippen molar-refractivity contribution in [3.8, 4) is 0 Å². The average Bonchev–Trinajstić information content (AvgIpc) is 2.64. The maximum Gasteiger partial charge on any atom is 0.270 e. The number of benzene rings is 2. The van der Waals surface area contributed by atoms with Crippen molar-refractivity contribution in [2.24, 2.45) is 0 Å². The first-order chi connectivity index (χ1) is 12.1. The summed E-state index contributed by atoms with van der Waals surface area (Å²) in [5.41, 5.74) is -0.0309. The number of hydrogen-bond acceptors (Lipinski definition) is 5. The van der Waals surface area contributed by atoms with E-state index in [1.165, 1.54) is 24.3 Å². The number of hydrogen-bond donors (Lipinski definition) is 2. The van der Waals surface area contributed by atoms with E-state index in [0.29, 0.717) is 12.3 Å². The fraction of sp³-hybridized carbons (Fsp3) is 0.176. The van der Waals surface area contributed by atoms with E-state index in [-0.39, 0.29) is 23.7 Å². The molecule has 2 N–H and O–H groups in total. The van der Waals surface area contributed by atoms with Crippen molar-refractivity contribution in [3.63, 3.8) is 0 Å². The van der Waals surface area contributed by atoms with Gasteiger partial charge >= 0.3 is 0 Å². The normalized spacial score (nSPS) is 10.1. The van der Waals surface area contributed by atoms with Crippen molar-refractivity contribution in [2.45, 2.75) is 4.90 Å². The van der Waals surface area contributed by atoms with Gasteiger partial charge in [-0.2, -0.15) is 0 Å². The summed E-state index contributed by atoms with van der Waals surface area (Å²) in [6.07, 6.45) is 0. The van der Waals surface area contributed by atoms with Crippen LogP contribution in [0.3, 0.4) is 0 Å². The van der Waals surface area contributed by atoms with Gasteiger partial charge in [-0.25, -0.2) is 0 Å².